The molecule has 2 aromatic carbocycles. The van der Waals surface area contributed by atoms with E-state index in [4.69, 9.17) is 0 Å². The lowest BCUT2D eigenvalue weighted by molar-refractivity contribution is 0.475. The van der Waals surface area contributed by atoms with Gasteiger partial charge in [-0.15, -0.1) is 10.2 Å². The summed E-state index contributed by atoms with van der Waals surface area (Å²) < 4.78 is 1.18. The highest BCUT2D eigenvalue weighted by Crippen LogP contribution is 2.25. The lowest BCUT2D eigenvalue weighted by Gasteiger charge is -2.08. The minimum Gasteiger partial charge on any atom is -0.507 e. The Kier molecular flexibility index (Phi) is 4.18. The van der Waals surface area contributed by atoms with Crippen LogP contribution in [0.25, 0.3) is 22.2 Å². The van der Waals surface area contributed by atoms with E-state index in [9.17, 15) is 9.90 Å². The van der Waals surface area contributed by atoms with Crippen molar-refractivity contribution in [2.24, 2.45) is 5.10 Å². The number of phenolic OH excluding ortho intramolecular Hbond substituents is 1. The van der Waals surface area contributed by atoms with Crippen LogP contribution >= 0.6 is 0 Å². The normalized spacial score (nSPS) is 11.3. The SMILES string of the molecule is Cc1nnc(-c2ccncc2)n(N=Cc2c(O)ccc3ccccc23)c1=O. The smallest absolute Gasteiger partial charge is 0.296 e. The largest absolute Gasteiger partial charge is 0.507 e. The highest BCUT2D eigenvalue weighted by Gasteiger charge is 2.11. The number of pyridine rings is 1. The summed E-state index contributed by atoms with van der Waals surface area (Å²) in [7, 11) is 0. The van der Waals surface area contributed by atoms with Gasteiger partial charge in [0, 0.05) is 23.5 Å². The minimum atomic E-state index is -0.382. The van der Waals surface area contributed by atoms with Crippen molar-refractivity contribution in [1.29, 1.82) is 0 Å². The van der Waals surface area contributed by atoms with Crippen molar-refractivity contribution < 1.29 is 5.11 Å². The van der Waals surface area contributed by atoms with Gasteiger partial charge in [0.2, 0.25) is 0 Å². The van der Waals surface area contributed by atoms with Gasteiger partial charge in [-0.2, -0.15) is 9.78 Å². The Morgan fingerprint density at radius 1 is 1.04 bits per heavy atom. The lowest BCUT2D eigenvalue weighted by Crippen LogP contribution is -2.24. The number of hydrogen-bond donors (Lipinski definition) is 1. The van der Waals surface area contributed by atoms with Crippen LogP contribution in [0, 0.1) is 6.92 Å². The summed E-state index contributed by atoms with van der Waals surface area (Å²) >= 11 is 0. The number of benzene rings is 2. The van der Waals surface area contributed by atoms with Crippen molar-refractivity contribution in [2.75, 3.05) is 0 Å². The predicted octanol–water partition coefficient (Wildman–Crippen LogP) is 2.75. The third-order valence-electron chi connectivity index (χ3n) is 4.19. The highest BCUT2D eigenvalue weighted by molar-refractivity contribution is 6.02. The number of nitrogens with zero attached hydrogens (tertiary/aromatic N) is 5. The fraction of sp³-hybridized carbons (Fsp3) is 0.0500. The molecule has 0 aliphatic carbocycles. The third kappa shape index (κ3) is 3.06. The van der Waals surface area contributed by atoms with Gasteiger partial charge in [0.15, 0.2) is 5.82 Å². The van der Waals surface area contributed by atoms with Crippen molar-refractivity contribution >= 4 is 17.0 Å². The highest BCUT2D eigenvalue weighted by atomic mass is 16.3. The van der Waals surface area contributed by atoms with E-state index in [2.05, 4.69) is 20.3 Å². The Morgan fingerprint density at radius 2 is 1.81 bits per heavy atom. The van der Waals surface area contributed by atoms with Crippen LogP contribution in [-0.4, -0.2) is 31.2 Å². The monoisotopic (exact) mass is 357 g/mol. The van der Waals surface area contributed by atoms with E-state index in [1.165, 1.54) is 10.9 Å². The predicted molar refractivity (Wildman–Crippen MR) is 103 cm³/mol. The molecule has 1 N–H and O–H groups in total. The first kappa shape index (κ1) is 16.6. The molecule has 0 saturated heterocycles. The zero-order chi connectivity index (χ0) is 18.8. The van der Waals surface area contributed by atoms with Gasteiger partial charge in [0.1, 0.15) is 11.4 Å². The molecule has 0 fully saturated rings. The Labute approximate surface area is 154 Å². The molecule has 2 aromatic heterocycles. The zero-order valence-electron chi connectivity index (χ0n) is 14.4. The van der Waals surface area contributed by atoms with Crippen LogP contribution in [0.1, 0.15) is 11.3 Å². The fourth-order valence-corrected chi connectivity index (χ4v) is 2.78. The van der Waals surface area contributed by atoms with Crippen LogP contribution in [0.5, 0.6) is 5.75 Å². The first-order valence-corrected chi connectivity index (χ1v) is 8.27. The number of fused-ring (bicyclic) bond motifs is 1. The molecule has 0 bridgehead atoms. The fourth-order valence-electron chi connectivity index (χ4n) is 2.78. The molecule has 2 heterocycles. The number of aromatic hydroxyl groups is 1. The first-order chi connectivity index (χ1) is 13.1. The van der Waals surface area contributed by atoms with E-state index in [-0.39, 0.29) is 17.0 Å². The molecule has 0 radical (unpaired) electrons. The van der Waals surface area contributed by atoms with Crippen LogP contribution in [0.15, 0.2) is 70.8 Å². The topological polar surface area (TPSA) is 93.3 Å². The van der Waals surface area contributed by atoms with E-state index in [1.807, 2.05) is 30.3 Å². The van der Waals surface area contributed by atoms with Crippen LogP contribution in [0.3, 0.4) is 0 Å². The van der Waals surface area contributed by atoms with Crippen molar-refractivity contribution in [1.82, 2.24) is 19.9 Å². The van der Waals surface area contributed by atoms with Gasteiger partial charge in [0.25, 0.3) is 5.56 Å². The molecule has 0 saturated carbocycles. The van der Waals surface area contributed by atoms with E-state index >= 15 is 0 Å². The molecule has 0 unspecified atom stereocenters. The van der Waals surface area contributed by atoms with Gasteiger partial charge in [-0.25, -0.2) is 0 Å². The number of hydrogen-bond acceptors (Lipinski definition) is 6. The lowest BCUT2D eigenvalue weighted by atomic mass is 10.0. The van der Waals surface area contributed by atoms with Crippen molar-refractivity contribution in [3.63, 3.8) is 0 Å². The van der Waals surface area contributed by atoms with Crippen molar-refractivity contribution in [2.45, 2.75) is 6.92 Å². The average Bonchev–Trinajstić information content (AvgIpc) is 2.71. The van der Waals surface area contributed by atoms with E-state index in [0.717, 1.165) is 10.8 Å². The summed E-state index contributed by atoms with van der Waals surface area (Å²) in [4.78, 5) is 16.6. The Balaban J connectivity index is 1.90. The number of aryl methyl sites for hydroxylation is 1. The molecule has 0 spiro atoms. The quantitative estimate of drug-likeness (QED) is 0.569. The van der Waals surface area contributed by atoms with Crippen molar-refractivity contribution in [3.8, 4) is 17.1 Å². The molecule has 0 aliphatic rings. The van der Waals surface area contributed by atoms with Gasteiger partial charge in [-0.3, -0.25) is 9.78 Å². The second-order valence-corrected chi connectivity index (χ2v) is 5.93. The van der Waals surface area contributed by atoms with Crippen LogP contribution < -0.4 is 5.56 Å². The molecule has 7 nitrogen and oxygen atoms in total. The minimum absolute atomic E-state index is 0.0784. The Morgan fingerprint density at radius 3 is 2.63 bits per heavy atom. The molecule has 0 amide bonds. The summed E-state index contributed by atoms with van der Waals surface area (Å²) in [5, 5.41) is 24.4. The second kappa shape index (κ2) is 6.80. The third-order valence-corrected chi connectivity index (χ3v) is 4.19. The van der Waals surface area contributed by atoms with Crippen LogP contribution in [0.4, 0.5) is 0 Å². The Hall–Kier alpha value is -3.87. The van der Waals surface area contributed by atoms with Gasteiger partial charge < -0.3 is 5.11 Å². The van der Waals surface area contributed by atoms with Crippen LogP contribution in [0.2, 0.25) is 0 Å². The average molecular weight is 357 g/mol. The van der Waals surface area contributed by atoms with Crippen molar-refractivity contribution in [3.05, 3.63) is 82.5 Å². The maximum atomic E-state index is 12.6. The first-order valence-electron chi connectivity index (χ1n) is 8.27. The number of phenols is 1. The summed E-state index contributed by atoms with van der Waals surface area (Å²) in [6.45, 7) is 1.58. The molecular formula is C20H15N5O2. The summed E-state index contributed by atoms with van der Waals surface area (Å²) in [5.74, 6) is 0.374. The molecule has 0 aliphatic heterocycles. The Bertz CT molecular complexity index is 1220. The maximum absolute atomic E-state index is 12.6. The van der Waals surface area contributed by atoms with Gasteiger partial charge >= 0.3 is 0 Å². The molecule has 4 rings (SSSR count). The van der Waals surface area contributed by atoms with Gasteiger partial charge in [-0.1, -0.05) is 30.3 Å². The van der Waals surface area contributed by atoms with Crippen LogP contribution in [-0.2, 0) is 0 Å². The summed E-state index contributed by atoms with van der Waals surface area (Å²) in [5.41, 5.74) is 1.03. The molecule has 7 heteroatoms. The zero-order valence-corrected chi connectivity index (χ0v) is 14.4. The number of rotatable bonds is 3. The van der Waals surface area contributed by atoms with Gasteiger partial charge in [-0.05, 0) is 35.9 Å². The standard InChI is InChI=1S/C20H15N5O2/c1-13-20(27)25(19(24-23-13)15-8-10-21-11-9-15)22-12-17-16-5-3-2-4-14(16)6-7-18(17)26/h2-12,26H,1H3. The molecule has 132 valence electrons. The molecular weight excluding hydrogens is 342 g/mol. The maximum Gasteiger partial charge on any atom is 0.296 e. The van der Waals surface area contributed by atoms with E-state index in [0.29, 0.717) is 17.0 Å². The summed E-state index contributed by atoms with van der Waals surface area (Å²) in [6, 6.07) is 14.5. The second-order valence-electron chi connectivity index (χ2n) is 5.93. The molecule has 27 heavy (non-hydrogen) atoms. The summed E-state index contributed by atoms with van der Waals surface area (Å²) in [6.07, 6.45) is 4.67. The molecule has 4 aromatic rings. The number of aromatic nitrogens is 4. The molecule has 0 atom stereocenters. The van der Waals surface area contributed by atoms with Gasteiger partial charge in [0.05, 0.1) is 6.21 Å². The van der Waals surface area contributed by atoms with E-state index in [1.54, 1.807) is 37.5 Å². The van der Waals surface area contributed by atoms with E-state index < -0.39 is 0 Å².